The van der Waals surface area contributed by atoms with Crippen molar-refractivity contribution >= 4 is 11.7 Å². The predicted octanol–water partition coefficient (Wildman–Crippen LogP) is 3.19. The second-order valence-electron chi connectivity index (χ2n) is 5.62. The second-order valence-corrected chi connectivity index (χ2v) is 5.62. The lowest BCUT2D eigenvalue weighted by Gasteiger charge is -2.14. The van der Waals surface area contributed by atoms with E-state index in [9.17, 15) is 18.0 Å². The molecule has 1 aromatic heterocycles. The number of alkyl halides is 3. The van der Waals surface area contributed by atoms with E-state index in [2.05, 4.69) is 15.7 Å². The molecule has 0 saturated carbocycles. The molecule has 0 bridgehead atoms. The maximum atomic E-state index is 13.5. The summed E-state index contributed by atoms with van der Waals surface area (Å²) in [5.41, 5.74) is -1.19. The Morgan fingerprint density at radius 3 is 2.72 bits per heavy atom. The number of urea groups is 1. The van der Waals surface area contributed by atoms with Gasteiger partial charge in [-0.2, -0.15) is 18.3 Å². The topological polar surface area (TPSA) is 68.2 Å². The zero-order valence-electron chi connectivity index (χ0n) is 13.2. The molecule has 2 amide bonds. The molecule has 3 rings (SSSR count). The van der Waals surface area contributed by atoms with Gasteiger partial charge in [-0.25, -0.2) is 9.48 Å². The summed E-state index contributed by atoms with van der Waals surface area (Å²) in [5, 5.41) is 8.52. The smallest absolute Gasteiger partial charge is 0.376 e. The summed E-state index contributed by atoms with van der Waals surface area (Å²) in [7, 11) is 0. The largest absolute Gasteiger partial charge is 0.435 e. The van der Waals surface area contributed by atoms with Crippen molar-refractivity contribution in [1.29, 1.82) is 0 Å². The van der Waals surface area contributed by atoms with Gasteiger partial charge in [0.2, 0.25) is 0 Å². The Bertz CT molecular complexity index is 725. The minimum absolute atomic E-state index is 0.0973. The molecule has 0 aliphatic carbocycles. The van der Waals surface area contributed by atoms with E-state index in [0.717, 1.165) is 23.7 Å². The van der Waals surface area contributed by atoms with Crippen molar-refractivity contribution in [3.05, 3.63) is 42.2 Å². The van der Waals surface area contributed by atoms with E-state index < -0.39 is 23.6 Å². The minimum atomic E-state index is -4.68. The molecule has 0 radical (unpaired) electrons. The molecule has 1 atom stereocenters. The molecule has 9 heteroatoms. The highest BCUT2D eigenvalue weighted by Crippen LogP contribution is 2.36. The first-order valence-electron chi connectivity index (χ1n) is 7.82. The second kappa shape index (κ2) is 7.14. The van der Waals surface area contributed by atoms with Crippen LogP contribution in [0.3, 0.4) is 0 Å². The van der Waals surface area contributed by atoms with E-state index in [0.29, 0.717) is 6.61 Å². The molecule has 2 heterocycles. The van der Waals surface area contributed by atoms with Gasteiger partial charge in [-0.05, 0) is 25.0 Å². The minimum Gasteiger partial charge on any atom is -0.376 e. The number of carbonyl (C=O) groups is 1. The number of hydrogen-bond acceptors (Lipinski definition) is 3. The summed E-state index contributed by atoms with van der Waals surface area (Å²) in [5.74, 6) is 0. The first-order valence-corrected chi connectivity index (χ1v) is 7.82. The molecule has 6 nitrogen and oxygen atoms in total. The number of nitrogens with zero attached hydrogens (tertiary/aromatic N) is 2. The number of carbonyl (C=O) groups excluding carboxylic acids is 1. The highest BCUT2D eigenvalue weighted by molar-refractivity contribution is 5.90. The van der Waals surface area contributed by atoms with E-state index in [1.165, 1.54) is 12.1 Å². The van der Waals surface area contributed by atoms with Crippen molar-refractivity contribution in [3.8, 4) is 5.69 Å². The third kappa shape index (κ3) is 4.11. The van der Waals surface area contributed by atoms with Crippen LogP contribution in [0.4, 0.5) is 23.7 Å². The fourth-order valence-corrected chi connectivity index (χ4v) is 2.66. The Kier molecular flexibility index (Phi) is 4.93. The van der Waals surface area contributed by atoms with Crippen molar-refractivity contribution in [2.24, 2.45) is 0 Å². The lowest BCUT2D eigenvalue weighted by Crippen LogP contribution is -2.35. The van der Waals surface area contributed by atoms with Gasteiger partial charge in [-0.3, -0.25) is 0 Å². The number of nitrogens with one attached hydrogen (secondary N) is 2. The number of aromatic nitrogens is 2. The highest BCUT2D eigenvalue weighted by atomic mass is 19.4. The van der Waals surface area contributed by atoms with Gasteiger partial charge in [-0.15, -0.1) is 0 Å². The number of amides is 2. The Morgan fingerprint density at radius 2 is 2.08 bits per heavy atom. The third-order valence-corrected chi connectivity index (χ3v) is 3.80. The monoisotopic (exact) mass is 354 g/mol. The summed E-state index contributed by atoms with van der Waals surface area (Å²) in [6, 6.07) is 7.19. The number of anilines is 1. The Hall–Kier alpha value is -2.55. The van der Waals surface area contributed by atoms with Crippen LogP contribution in [0.1, 0.15) is 18.5 Å². The van der Waals surface area contributed by atoms with Gasteiger partial charge in [0.15, 0.2) is 5.69 Å². The predicted molar refractivity (Wildman–Crippen MR) is 84.6 cm³/mol. The van der Waals surface area contributed by atoms with E-state index in [4.69, 9.17) is 4.74 Å². The molecule has 2 N–H and O–H groups in total. The molecular weight excluding hydrogens is 337 g/mol. The summed E-state index contributed by atoms with van der Waals surface area (Å²) >= 11 is 0. The number of halogens is 3. The zero-order chi connectivity index (χ0) is 17.9. The van der Waals surface area contributed by atoms with Gasteiger partial charge in [0.1, 0.15) is 0 Å². The van der Waals surface area contributed by atoms with Crippen molar-refractivity contribution in [1.82, 2.24) is 15.1 Å². The summed E-state index contributed by atoms with van der Waals surface area (Å²) < 4.78 is 46.5. The lowest BCUT2D eigenvalue weighted by atomic mass is 10.2. The molecule has 1 aliphatic rings. The standard InChI is InChI=1S/C16H17F3N4O2/c17-16(18,19)14-13(10-21-23(14)11-5-2-1-3-6-11)22-15(24)20-9-12-7-4-8-25-12/h1-3,5-6,10,12H,4,7-9H2,(H2,20,22,24)/t12-/m1/s1. The van der Waals surface area contributed by atoms with Crippen LogP contribution in [-0.2, 0) is 10.9 Å². The molecule has 134 valence electrons. The van der Waals surface area contributed by atoms with E-state index in [-0.39, 0.29) is 18.3 Å². The quantitative estimate of drug-likeness (QED) is 0.886. The molecule has 1 aromatic carbocycles. The summed E-state index contributed by atoms with van der Waals surface area (Å²) in [6.45, 7) is 0.885. The first-order chi connectivity index (χ1) is 11.9. The van der Waals surface area contributed by atoms with Crippen LogP contribution in [0, 0.1) is 0 Å². The first kappa shape index (κ1) is 17.3. The lowest BCUT2D eigenvalue weighted by molar-refractivity contribution is -0.142. The van der Waals surface area contributed by atoms with Gasteiger partial charge in [0.25, 0.3) is 0 Å². The van der Waals surface area contributed by atoms with Gasteiger partial charge >= 0.3 is 12.2 Å². The van der Waals surface area contributed by atoms with E-state index in [1.807, 2.05) is 0 Å². The number of hydrogen-bond donors (Lipinski definition) is 2. The molecule has 1 saturated heterocycles. The summed E-state index contributed by atoms with van der Waals surface area (Å²) in [4.78, 5) is 11.9. The molecule has 0 unspecified atom stereocenters. The van der Waals surface area contributed by atoms with Crippen LogP contribution in [0.15, 0.2) is 36.5 Å². The number of para-hydroxylation sites is 1. The average Bonchev–Trinajstić information content (AvgIpc) is 3.23. The van der Waals surface area contributed by atoms with Gasteiger partial charge < -0.3 is 15.4 Å². The molecular formula is C16H17F3N4O2. The zero-order valence-corrected chi connectivity index (χ0v) is 13.2. The van der Waals surface area contributed by atoms with E-state index in [1.54, 1.807) is 18.2 Å². The van der Waals surface area contributed by atoms with Crippen LogP contribution >= 0.6 is 0 Å². The van der Waals surface area contributed by atoms with Gasteiger partial charge in [-0.1, -0.05) is 18.2 Å². The fourth-order valence-electron chi connectivity index (χ4n) is 2.66. The molecule has 0 spiro atoms. The van der Waals surface area contributed by atoms with Crippen LogP contribution in [0.25, 0.3) is 5.69 Å². The van der Waals surface area contributed by atoms with Crippen LogP contribution < -0.4 is 10.6 Å². The van der Waals surface area contributed by atoms with Crippen LogP contribution in [0.2, 0.25) is 0 Å². The van der Waals surface area contributed by atoms with Crippen molar-refractivity contribution in [2.75, 3.05) is 18.5 Å². The summed E-state index contributed by atoms with van der Waals surface area (Å²) in [6.07, 6.45) is -2.05. The Morgan fingerprint density at radius 1 is 1.32 bits per heavy atom. The fraction of sp³-hybridized carbons (Fsp3) is 0.375. The Labute approximate surface area is 142 Å². The van der Waals surface area contributed by atoms with Crippen molar-refractivity contribution < 1.29 is 22.7 Å². The van der Waals surface area contributed by atoms with Crippen LogP contribution in [0.5, 0.6) is 0 Å². The van der Waals surface area contributed by atoms with E-state index >= 15 is 0 Å². The number of benzene rings is 1. The Balaban J connectivity index is 1.76. The van der Waals surface area contributed by atoms with Gasteiger partial charge in [0, 0.05) is 13.2 Å². The van der Waals surface area contributed by atoms with Crippen LogP contribution in [-0.4, -0.2) is 35.1 Å². The number of ether oxygens (including phenoxy) is 1. The molecule has 25 heavy (non-hydrogen) atoms. The molecule has 1 aliphatic heterocycles. The normalized spacial score (nSPS) is 17.5. The highest BCUT2D eigenvalue weighted by Gasteiger charge is 2.39. The average molecular weight is 354 g/mol. The van der Waals surface area contributed by atoms with Gasteiger partial charge in [0.05, 0.1) is 23.7 Å². The molecule has 2 aromatic rings. The third-order valence-electron chi connectivity index (χ3n) is 3.80. The SMILES string of the molecule is O=C(NC[C@H]1CCCO1)Nc1cnn(-c2ccccc2)c1C(F)(F)F. The van der Waals surface area contributed by atoms with Crippen molar-refractivity contribution in [3.63, 3.8) is 0 Å². The molecule has 1 fully saturated rings. The maximum Gasteiger partial charge on any atom is 0.435 e. The van der Waals surface area contributed by atoms with Crippen molar-refractivity contribution in [2.45, 2.75) is 25.1 Å². The number of rotatable bonds is 4. The maximum absolute atomic E-state index is 13.5.